The number of hydrogen-bond acceptors (Lipinski definition) is 2. The van der Waals surface area contributed by atoms with Gasteiger partial charge in [-0.1, -0.05) is 42.0 Å². The molecule has 1 fully saturated rings. The maximum Gasteiger partial charge on any atom is 0.394 e. The van der Waals surface area contributed by atoms with Crippen molar-refractivity contribution in [1.29, 1.82) is 0 Å². The minimum Gasteiger partial charge on any atom is -0.474 e. The second kappa shape index (κ2) is 5.49. The zero-order valence-electron chi connectivity index (χ0n) is 10.0. The number of benzene rings is 1. The molecular formula is C14H15NO3. The average Bonchev–Trinajstić information content (AvgIpc) is 2.40. The molecule has 1 aliphatic heterocycles. The van der Waals surface area contributed by atoms with Gasteiger partial charge in [0.05, 0.1) is 0 Å². The minimum atomic E-state index is -1.37. The fourth-order valence-corrected chi connectivity index (χ4v) is 2.06. The van der Waals surface area contributed by atoms with E-state index in [0.29, 0.717) is 13.1 Å². The second-order valence-corrected chi connectivity index (χ2v) is 4.31. The van der Waals surface area contributed by atoms with Crippen molar-refractivity contribution < 1.29 is 14.7 Å². The first-order valence-corrected chi connectivity index (χ1v) is 5.93. The van der Waals surface area contributed by atoms with E-state index in [1.165, 1.54) is 10.5 Å². The molecule has 1 N–H and O–H groups in total. The molecule has 1 amide bonds. The van der Waals surface area contributed by atoms with Crippen molar-refractivity contribution in [2.24, 2.45) is 0 Å². The molecule has 4 heteroatoms. The van der Waals surface area contributed by atoms with E-state index in [1.54, 1.807) is 0 Å². The van der Waals surface area contributed by atoms with Crippen molar-refractivity contribution in [2.75, 3.05) is 13.1 Å². The van der Waals surface area contributed by atoms with Crippen LogP contribution < -0.4 is 0 Å². The second-order valence-electron chi connectivity index (χ2n) is 4.31. The quantitative estimate of drug-likeness (QED) is 0.767. The third-order valence-electron chi connectivity index (χ3n) is 3.05. The summed E-state index contributed by atoms with van der Waals surface area (Å²) in [4.78, 5) is 23.2. The van der Waals surface area contributed by atoms with E-state index in [-0.39, 0.29) is 0 Å². The van der Waals surface area contributed by atoms with Gasteiger partial charge in [0.1, 0.15) is 0 Å². The van der Waals surface area contributed by atoms with E-state index in [1.807, 2.05) is 30.3 Å². The van der Waals surface area contributed by atoms with Crippen molar-refractivity contribution in [3.8, 4) is 0 Å². The van der Waals surface area contributed by atoms with Gasteiger partial charge >= 0.3 is 11.9 Å². The summed E-state index contributed by atoms with van der Waals surface area (Å²) < 4.78 is 0. The molecule has 0 aliphatic carbocycles. The molecule has 1 aromatic rings. The molecule has 4 nitrogen and oxygen atoms in total. The van der Waals surface area contributed by atoms with E-state index in [9.17, 15) is 9.59 Å². The van der Waals surface area contributed by atoms with Gasteiger partial charge < -0.3 is 10.0 Å². The SMILES string of the molecule is O=C(O)C(=O)N1CCC(=Cc2ccccc2)CC1. The van der Waals surface area contributed by atoms with Crippen LogP contribution in [0.25, 0.3) is 6.08 Å². The minimum absolute atomic E-state index is 0.490. The summed E-state index contributed by atoms with van der Waals surface area (Å²) in [6, 6.07) is 9.99. The summed E-state index contributed by atoms with van der Waals surface area (Å²) >= 11 is 0. The molecule has 0 aromatic heterocycles. The first-order valence-electron chi connectivity index (χ1n) is 5.93. The van der Waals surface area contributed by atoms with Gasteiger partial charge in [0.25, 0.3) is 0 Å². The number of carbonyl (C=O) groups excluding carboxylic acids is 1. The molecule has 0 radical (unpaired) electrons. The fourth-order valence-electron chi connectivity index (χ4n) is 2.06. The number of carbonyl (C=O) groups is 2. The Hall–Kier alpha value is -2.10. The number of nitrogens with zero attached hydrogens (tertiary/aromatic N) is 1. The van der Waals surface area contributed by atoms with Gasteiger partial charge in [-0.2, -0.15) is 0 Å². The Balaban J connectivity index is 1.97. The number of hydrogen-bond donors (Lipinski definition) is 1. The lowest BCUT2D eigenvalue weighted by molar-refractivity contribution is -0.156. The Kier molecular flexibility index (Phi) is 3.77. The van der Waals surface area contributed by atoms with Crippen LogP contribution in [0.4, 0.5) is 0 Å². The van der Waals surface area contributed by atoms with Gasteiger partial charge in [-0.15, -0.1) is 0 Å². The Morgan fingerprint density at radius 1 is 1.11 bits per heavy atom. The molecule has 0 unspecified atom stereocenters. The Bertz CT molecular complexity index is 469. The van der Waals surface area contributed by atoms with Gasteiger partial charge in [0.2, 0.25) is 0 Å². The first kappa shape index (κ1) is 12.4. The zero-order chi connectivity index (χ0) is 13.0. The van der Waals surface area contributed by atoms with Crippen LogP contribution in [0.15, 0.2) is 35.9 Å². The molecule has 2 rings (SSSR count). The summed E-state index contributed by atoms with van der Waals surface area (Å²) in [6.45, 7) is 0.980. The summed E-state index contributed by atoms with van der Waals surface area (Å²) in [7, 11) is 0. The van der Waals surface area contributed by atoms with Gasteiger partial charge in [-0.25, -0.2) is 4.79 Å². The van der Waals surface area contributed by atoms with Gasteiger partial charge in [-0.3, -0.25) is 4.79 Å². The molecule has 0 bridgehead atoms. The van der Waals surface area contributed by atoms with E-state index >= 15 is 0 Å². The van der Waals surface area contributed by atoms with Crippen molar-refractivity contribution >= 4 is 18.0 Å². The lowest BCUT2D eigenvalue weighted by atomic mass is 10.0. The van der Waals surface area contributed by atoms with Crippen LogP contribution in [0.3, 0.4) is 0 Å². The largest absolute Gasteiger partial charge is 0.474 e. The van der Waals surface area contributed by atoms with Crippen LogP contribution in [0.1, 0.15) is 18.4 Å². The molecule has 1 aliphatic rings. The van der Waals surface area contributed by atoms with Crippen LogP contribution in [-0.2, 0) is 9.59 Å². The van der Waals surface area contributed by atoms with Crippen LogP contribution in [-0.4, -0.2) is 35.0 Å². The predicted molar refractivity (Wildman–Crippen MR) is 67.9 cm³/mol. The Labute approximate surface area is 106 Å². The normalized spacial score (nSPS) is 15.3. The highest BCUT2D eigenvalue weighted by molar-refractivity contribution is 6.31. The van der Waals surface area contributed by atoms with Gasteiger partial charge in [0, 0.05) is 13.1 Å². The Morgan fingerprint density at radius 2 is 1.72 bits per heavy atom. The number of carboxylic acids is 1. The molecule has 0 spiro atoms. The lowest BCUT2D eigenvalue weighted by Crippen LogP contribution is -2.40. The van der Waals surface area contributed by atoms with E-state index < -0.39 is 11.9 Å². The molecular weight excluding hydrogens is 230 g/mol. The molecule has 1 heterocycles. The lowest BCUT2D eigenvalue weighted by Gasteiger charge is -2.26. The summed E-state index contributed by atoms with van der Waals surface area (Å²) in [6.07, 6.45) is 3.60. The standard InChI is InChI=1S/C14H15NO3/c16-13(14(17)18)15-8-6-12(7-9-15)10-11-4-2-1-3-5-11/h1-5,10H,6-9H2,(H,17,18). The maximum atomic E-state index is 11.3. The van der Waals surface area contributed by atoms with Crippen LogP contribution in [0.2, 0.25) is 0 Å². The van der Waals surface area contributed by atoms with Crippen LogP contribution in [0.5, 0.6) is 0 Å². The number of likely N-dealkylation sites (tertiary alicyclic amines) is 1. The van der Waals surface area contributed by atoms with Gasteiger partial charge in [-0.05, 0) is 18.4 Å². The third-order valence-corrected chi connectivity index (χ3v) is 3.05. The molecule has 1 saturated heterocycles. The maximum absolute atomic E-state index is 11.3. The number of amides is 1. The number of aliphatic carboxylic acids is 1. The average molecular weight is 245 g/mol. The highest BCUT2D eigenvalue weighted by Gasteiger charge is 2.23. The van der Waals surface area contributed by atoms with E-state index in [4.69, 9.17) is 5.11 Å². The number of rotatable bonds is 1. The zero-order valence-corrected chi connectivity index (χ0v) is 10.0. The third kappa shape index (κ3) is 2.97. The molecule has 1 aromatic carbocycles. The van der Waals surface area contributed by atoms with E-state index in [0.717, 1.165) is 18.4 Å². The molecule has 0 saturated carbocycles. The van der Waals surface area contributed by atoms with Crippen molar-refractivity contribution in [1.82, 2.24) is 4.90 Å². The topological polar surface area (TPSA) is 57.6 Å². The molecule has 94 valence electrons. The first-order chi connectivity index (χ1) is 8.66. The van der Waals surface area contributed by atoms with Crippen molar-refractivity contribution in [3.63, 3.8) is 0 Å². The summed E-state index contributed by atoms with van der Waals surface area (Å²) in [5.74, 6) is -2.17. The molecule has 18 heavy (non-hydrogen) atoms. The highest BCUT2D eigenvalue weighted by Crippen LogP contribution is 2.19. The van der Waals surface area contributed by atoms with Crippen LogP contribution in [0, 0.1) is 0 Å². The number of piperidine rings is 1. The molecule has 0 atom stereocenters. The Morgan fingerprint density at radius 3 is 2.28 bits per heavy atom. The summed E-state index contributed by atoms with van der Waals surface area (Å²) in [5.41, 5.74) is 2.40. The van der Waals surface area contributed by atoms with Crippen molar-refractivity contribution in [3.05, 3.63) is 41.5 Å². The van der Waals surface area contributed by atoms with Crippen LogP contribution >= 0.6 is 0 Å². The fraction of sp³-hybridized carbons (Fsp3) is 0.286. The van der Waals surface area contributed by atoms with Crippen molar-refractivity contribution in [2.45, 2.75) is 12.8 Å². The summed E-state index contributed by atoms with van der Waals surface area (Å²) in [5, 5.41) is 8.63. The monoisotopic (exact) mass is 245 g/mol. The highest BCUT2D eigenvalue weighted by atomic mass is 16.4. The number of carboxylic acid groups (broad SMARTS) is 1. The predicted octanol–water partition coefficient (Wildman–Crippen LogP) is 1.78. The van der Waals surface area contributed by atoms with Gasteiger partial charge in [0.15, 0.2) is 0 Å². The van der Waals surface area contributed by atoms with E-state index in [2.05, 4.69) is 6.08 Å². The smallest absolute Gasteiger partial charge is 0.394 e.